The number of halogens is 1. The largest absolute Gasteiger partial charge is 0.493 e. The lowest BCUT2D eigenvalue weighted by atomic mass is 10.2. The molecule has 1 heterocycles. The van der Waals surface area contributed by atoms with Crippen LogP contribution in [0.15, 0.2) is 95.2 Å². The summed E-state index contributed by atoms with van der Waals surface area (Å²) in [5.74, 6) is -1.21. The maximum absolute atomic E-state index is 12.2. The second-order valence-corrected chi connectivity index (χ2v) is 7.83. The Morgan fingerprint density at radius 1 is 0.971 bits per heavy atom. The summed E-state index contributed by atoms with van der Waals surface area (Å²) < 4.78 is 1.66. The lowest BCUT2D eigenvalue weighted by Crippen LogP contribution is -2.26. The fraction of sp³-hybridized carbons (Fsp3) is 0.0769. The maximum Gasteiger partial charge on any atom is 0.283 e. The van der Waals surface area contributed by atoms with E-state index in [1.54, 1.807) is 22.8 Å². The molecule has 0 spiro atoms. The molecule has 170 valence electrons. The molecule has 0 fully saturated rings. The number of nitrogens with one attached hydrogen (secondary N) is 1. The first-order chi connectivity index (χ1) is 16.5. The van der Waals surface area contributed by atoms with Gasteiger partial charge in [-0.15, -0.1) is 10.2 Å². The van der Waals surface area contributed by atoms with Crippen molar-refractivity contribution in [3.63, 3.8) is 0 Å². The molecule has 4 rings (SSSR count). The minimum atomic E-state index is -0.649. The summed E-state index contributed by atoms with van der Waals surface area (Å²) in [4.78, 5) is 24.1. The number of carbonyl (C=O) groups is 2. The van der Waals surface area contributed by atoms with E-state index in [9.17, 15) is 14.7 Å². The quantitative estimate of drug-likeness (QED) is 0.275. The number of para-hydroxylation sites is 1. The molecular formula is C26H21ClN4O3. The monoisotopic (exact) mass is 472 g/mol. The van der Waals surface area contributed by atoms with Crippen LogP contribution < -0.4 is 5.32 Å². The van der Waals surface area contributed by atoms with Gasteiger partial charge in [-0.3, -0.25) is 9.59 Å². The Balaban J connectivity index is 1.47. The van der Waals surface area contributed by atoms with Crippen LogP contribution in [0.3, 0.4) is 0 Å². The standard InChI is InChI=1S/C26H21ClN4O3/c27-21-12-6-4-10-19(21)17-31-22-13-7-5-11-20(22)25(26(31)34)30-29-24(33)16-28-23(32)15-14-18-8-2-1-3-9-18/h1-15,34H,16-17H2,(H,28,32). The normalized spacial score (nSPS) is 11.4. The van der Waals surface area contributed by atoms with E-state index in [0.717, 1.165) is 16.6 Å². The second kappa shape index (κ2) is 10.6. The first-order valence-electron chi connectivity index (χ1n) is 10.5. The second-order valence-electron chi connectivity index (χ2n) is 7.42. The zero-order chi connectivity index (χ0) is 23.9. The lowest BCUT2D eigenvalue weighted by Gasteiger charge is -2.08. The van der Waals surface area contributed by atoms with E-state index in [1.807, 2.05) is 66.7 Å². The van der Waals surface area contributed by atoms with E-state index >= 15 is 0 Å². The number of hydrogen-bond donors (Lipinski definition) is 2. The smallest absolute Gasteiger partial charge is 0.283 e. The van der Waals surface area contributed by atoms with E-state index in [1.165, 1.54) is 6.08 Å². The summed E-state index contributed by atoms with van der Waals surface area (Å²) >= 11 is 6.28. The summed E-state index contributed by atoms with van der Waals surface area (Å²) in [6, 6.07) is 24.0. The summed E-state index contributed by atoms with van der Waals surface area (Å²) in [5, 5.41) is 22.2. The van der Waals surface area contributed by atoms with Gasteiger partial charge in [0.1, 0.15) is 6.54 Å². The van der Waals surface area contributed by atoms with E-state index in [4.69, 9.17) is 11.6 Å². The van der Waals surface area contributed by atoms with Crippen molar-refractivity contribution in [2.45, 2.75) is 6.54 Å². The van der Waals surface area contributed by atoms with Crippen molar-refractivity contribution in [3.8, 4) is 5.88 Å². The zero-order valence-electron chi connectivity index (χ0n) is 18.1. The molecule has 2 N–H and O–H groups in total. The SMILES string of the molecule is O=C(CNC(=O)C=Cc1ccccc1)N=Nc1c(O)n(Cc2ccccc2Cl)c2ccccc12. The Labute approximate surface area is 201 Å². The topological polar surface area (TPSA) is 96.1 Å². The fourth-order valence-corrected chi connectivity index (χ4v) is 3.62. The summed E-state index contributed by atoms with van der Waals surface area (Å²) in [6.45, 7) is -0.000216. The van der Waals surface area contributed by atoms with Gasteiger partial charge in [0.05, 0.1) is 12.1 Å². The molecular weight excluding hydrogens is 452 g/mol. The molecule has 0 aliphatic heterocycles. The minimum Gasteiger partial charge on any atom is -0.493 e. The number of hydrogen-bond acceptors (Lipinski definition) is 4. The number of carbonyl (C=O) groups excluding carboxylic acids is 2. The molecule has 0 bridgehead atoms. The molecule has 0 saturated carbocycles. The number of aromatic hydroxyl groups is 1. The van der Waals surface area contributed by atoms with Crippen molar-refractivity contribution in [1.29, 1.82) is 0 Å². The predicted molar refractivity (Wildman–Crippen MR) is 132 cm³/mol. The fourth-order valence-electron chi connectivity index (χ4n) is 3.43. The Kier molecular flexibility index (Phi) is 7.15. The number of rotatable bonds is 7. The van der Waals surface area contributed by atoms with Crippen molar-refractivity contribution in [3.05, 3.63) is 101 Å². The van der Waals surface area contributed by atoms with Gasteiger partial charge in [0, 0.05) is 16.5 Å². The molecule has 1 aromatic heterocycles. The molecule has 8 heteroatoms. The van der Waals surface area contributed by atoms with Crippen LogP contribution in [-0.4, -0.2) is 28.0 Å². The van der Waals surface area contributed by atoms with Crippen LogP contribution in [0.25, 0.3) is 17.0 Å². The van der Waals surface area contributed by atoms with Gasteiger partial charge in [0.15, 0.2) is 5.69 Å². The first-order valence-corrected chi connectivity index (χ1v) is 10.9. The van der Waals surface area contributed by atoms with E-state index in [-0.39, 0.29) is 18.1 Å². The first kappa shape index (κ1) is 22.9. The van der Waals surface area contributed by atoms with Gasteiger partial charge >= 0.3 is 0 Å². The molecule has 2 amide bonds. The van der Waals surface area contributed by atoms with E-state index in [2.05, 4.69) is 15.5 Å². The summed E-state index contributed by atoms with van der Waals surface area (Å²) in [5.41, 5.74) is 2.59. The third-order valence-corrected chi connectivity index (χ3v) is 5.47. The van der Waals surface area contributed by atoms with Crippen molar-refractivity contribution < 1.29 is 14.7 Å². The number of azo groups is 1. The van der Waals surface area contributed by atoms with E-state index < -0.39 is 11.8 Å². The molecule has 0 aliphatic carbocycles. The highest BCUT2D eigenvalue weighted by molar-refractivity contribution is 6.31. The number of benzene rings is 3. The Bertz CT molecular complexity index is 1390. The number of fused-ring (bicyclic) bond motifs is 1. The van der Waals surface area contributed by atoms with Gasteiger partial charge in [-0.05, 0) is 29.3 Å². The highest BCUT2D eigenvalue weighted by Gasteiger charge is 2.17. The van der Waals surface area contributed by atoms with Gasteiger partial charge in [0.25, 0.3) is 5.91 Å². The molecule has 4 aromatic rings. The van der Waals surface area contributed by atoms with Gasteiger partial charge in [-0.1, -0.05) is 78.3 Å². The Morgan fingerprint density at radius 3 is 2.47 bits per heavy atom. The van der Waals surface area contributed by atoms with Crippen LogP contribution in [0.1, 0.15) is 11.1 Å². The van der Waals surface area contributed by atoms with Crippen molar-refractivity contribution in [2.24, 2.45) is 10.2 Å². The average Bonchev–Trinajstić information content (AvgIpc) is 3.12. The predicted octanol–water partition coefficient (Wildman–Crippen LogP) is 5.49. The average molecular weight is 473 g/mol. The minimum absolute atomic E-state index is 0.132. The Hall–Kier alpha value is -4.23. The molecule has 0 atom stereocenters. The molecule has 0 saturated heterocycles. The lowest BCUT2D eigenvalue weighted by molar-refractivity contribution is -0.122. The van der Waals surface area contributed by atoms with Gasteiger partial charge in [-0.2, -0.15) is 0 Å². The molecule has 0 radical (unpaired) electrons. The number of aromatic nitrogens is 1. The third-order valence-electron chi connectivity index (χ3n) is 5.11. The molecule has 0 unspecified atom stereocenters. The molecule has 0 aliphatic rings. The van der Waals surface area contributed by atoms with Crippen molar-refractivity contribution in [1.82, 2.24) is 9.88 Å². The Morgan fingerprint density at radius 2 is 1.68 bits per heavy atom. The van der Waals surface area contributed by atoms with Crippen molar-refractivity contribution in [2.75, 3.05) is 6.54 Å². The van der Waals surface area contributed by atoms with Crippen LogP contribution in [0.5, 0.6) is 5.88 Å². The number of amides is 2. The highest BCUT2D eigenvalue weighted by Crippen LogP contribution is 2.39. The van der Waals surface area contributed by atoms with E-state index in [0.29, 0.717) is 17.0 Å². The van der Waals surface area contributed by atoms with Crippen LogP contribution >= 0.6 is 11.6 Å². The molecule has 7 nitrogen and oxygen atoms in total. The maximum atomic E-state index is 12.2. The molecule has 3 aromatic carbocycles. The van der Waals surface area contributed by atoms with Gasteiger partial charge in [-0.25, -0.2) is 0 Å². The third kappa shape index (κ3) is 5.39. The van der Waals surface area contributed by atoms with Gasteiger partial charge in [0.2, 0.25) is 11.8 Å². The van der Waals surface area contributed by atoms with Crippen LogP contribution in [0, 0.1) is 0 Å². The van der Waals surface area contributed by atoms with Crippen LogP contribution in [0.4, 0.5) is 5.69 Å². The molecule has 34 heavy (non-hydrogen) atoms. The summed E-state index contributed by atoms with van der Waals surface area (Å²) in [6.07, 6.45) is 2.99. The van der Waals surface area contributed by atoms with Crippen LogP contribution in [0.2, 0.25) is 5.02 Å². The zero-order valence-corrected chi connectivity index (χ0v) is 18.8. The number of nitrogens with zero attached hydrogens (tertiary/aromatic N) is 3. The van der Waals surface area contributed by atoms with Crippen LogP contribution in [-0.2, 0) is 16.1 Å². The summed E-state index contributed by atoms with van der Waals surface area (Å²) in [7, 11) is 0. The van der Waals surface area contributed by atoms with Gasteiger partial charge < -0.3 is 15.0 Å². The van der Waals surface area contributed by atoms with Crippen molar-refractivity contribution >= 4 is 46.1 Å². The highest BCUT2D eigenvalue weighted by atomic mass is 35.5.